The van der Waals surface area contributed by atoms with E-state index in [-0.39, 0.29) is 0 Å². The molecule has 0 aromatic carbocycles. The van der Waals surface area contributed by atoms with Crippen LogP contribution < -0.4 is 10.2 Å². The van der Waals surface area contributed by atoms with Gasteiger partial charge >= 0.3 is 0 Å². The van der Waals surface area contributed by atoms with E-state index in [1.807, 2.05) is 24.9 Å². The van der Waals surface area contributed by atoms with Gasteiger partial charge in [0, 0.05) is 39.1 Å². The normalized spacial score (nSPS) is 18.9. The van der Waals surface area contributed by atoms with Crippen molar-refractivity contribution in [1.82, 2.24) is 9.97 Å². The molecule has 1 unspecified atom stereocenters. The van der Waals surface area contributed by atoms with Crippen molar-refractivity contribution in [2.45, 2.75) is 19.1 Å². The molecule has 2 heterocycles. The zero-order valence-electron chi connectivity index (χ0n) is 11.1. The predicted octanol–water partition coefficient (Wildman–Crippen LogP) is 1.61. The maximum atomic E-state index is 5.11. The average molecular weight is 268 g/mol. The van der Waals surface area contributed by atoms with E-state index in [0.29, 0.717) is 12.6 Å². The fraction of sp³-hybridized carbons (Fsp3) is 0.667. The van der Waals surface area contributed by atoms with Crippen LogP contribution in [-0.4, -0.2) is 48.7 Å². The Morgan fingerprint density at radius 1 is 1.56 bits per heavy atom. The van der Waals surface area contributed by atoms with Gasteiger partial charge in [0.1, 0.15) is 18.2 Å². The third-order valence-electron chi connectivity index (χ3n) is 3.10. The quantitative estimate of drug-likeness (QED) is 0.875. The van der Waals surface area contributed by atoms with Gasteiger partial charge in [-0.05, 0) is 12.2 Å². The largest absolute Gasteiger partial charge is 0.377 e. The van der Waals surface area contributed by atoms with Gasteiger partial charge in [0.15, 0.2) is 5.82 Å². The molecule has 18 heavy (non-hydrogen) atoms. The molecule has 5 nitrogen and oxygen atoms in total. The molecule has 1 aliphatic heterocycles. The van der Waals surface area contributed by atoms with Gasteiger partial charge in [0.25, 0.3) is 0 Å². The van der Waals surface area contributed by atoms with Crippen LogP contribution >= 0.6 is 11.8 Å². The smallest absolute Gasteiger partial charge is 0.158 e. The molecular weight excluding hydrogens is 248 g/mol. The predicted molar refractivity (Wildman–Crippen MR) is 76.4 cm³/mol. The lowest BCUT2D eigenvalue weighted by Gasteiger charge is -2.25. The van der Waals surface area contributed by atoms with Crippen LogP contribution in [-0.2, 0) is 11.3 Å². The summed E-state index contributed by atoms with van der Waals surface area (Å²) in [6.45, 7) is 0.440. The van der Waals surface area contributed by atoms with Gasteiger partial charge in [-0.3, -0.25) is 0 Å². The first-order valence-electron chi connectivity index (χ1n) is 6.10. The van der Waals surface area contributed by atoms with Gasteiger partial charge < -0.3 is 15.0 Å². The zero-order valence-corrected chi connectivity index (χ0v) is 12.0. The Labute approximate surface area is 112 Å². The van der Waals surface area contributed by atoms with Gasteiger partial charge in [-0.15, -0.1) is 0 Å². The van der Waals surface area contributed by atoms with E-state index in [1.165, 1.54) is 17.9 Å². The van der Waals surface area contributed by atoms with E-state index in [1.54, 1.807) is 7.11 Å². The van der Waals surface area contributed by atoms with Crippen molar-refractivity contribution in [3.8, 4) is 0 Å². The van der Waals surface area contributed by atoms with Crippen molar-refractivity contribution < 1.29 is 4.74 Å². The summed E-state index contributed by atoms with van der Waals surface area (Å²) in [4.78, 5) is 11.2. The fourth-order valence-electron chi connectivity index (χ4n) is 2.00. The Morgan fingerprint density at radius 3 is 3.00 bits per heavy atom. The molecule has 1 aromatic heterocycles. The first-order chi connectivity index (χ1) is 8.74. The lowest BCUT2D eigenvalue weighted by atomic mass is 10.2. The molecule has 1 fully saturated rings. The first kappa shape index (κ1) is 13.4. The van der Waals surface area contributed by atoms with E-state index >= 15 is 0 Å². The zero-order chi connectivity index (χ0) is 13.0. The molecule has 1 atom stereocenters. The molecule has 0 spiro atoms. The Balaban J connectivity index is 2.21. The molecule has 100 valence electrons. The first-order valence-corrected chi connectivity index (χ1v) is 7.25. The summed E-state index contributed by atoms with van der Waals surface area (Å²) in [5.74, 6) is 4.94. The number of hydrogen-bond acceptors (Lipinski definition) is 6. The summed E-state index contributed by atoms with van der Waals surface area (Å²) >= 11 is 2.00. The van der Waals surface area contributed by atoms with Gasteiger partial charge in [-0.2, -0.15) is 11.8 Å². The van der Waals surface area contributed by atoms with Crippen LogP contribution in [0.5, 0.6) is 0 Å². The Hall–Kier alpha value is -1.01. The molecule has 6 heteroatoms. The lowest BCUT2D eigenvalue weighted by molar-refractivity contribution is 0.178. The molecule has 0 radical (unpaired) electrons. The number of methoxy groups -OCH3 is 1. The van der Waals surface area contributed by atoms with Gasteiger partial charge in [0.05, 0.1) is 0 Å². The maximum absolute atomic E-state index is 5.11. The van der Waals surface area contributed by atoms with Crippen molar-refractivity contribution in [3.05, 3.63) is 11.9 Å². The van der Waals surface area contributed by atoms with Crippen LogP contribution in [0.25, 0.3) is 0 Å². The number of ether oxygens (including phenoxy) is 1. The van der Waals surface area contributed by atoms with Crippen LogP contribution in [0.2, 0.25) is 0 Å². The molecule has 1 aromatic rings. The monoisotopic (exact) mass is 268 g/mol. The third kappa shape index (κ3) is 3.05. The van der Waals surface area contributed by atoms with E-state index in [0.717, 1.165) is 17.5 Å². The molecule has 1 N–H and O–H groups in total. The summed E-state index contributed by atoms with van der Waals surface area (Å²) in [5, 5.41) is 3.07. The molecule has 0 saturated carbocycles. The number of anilines is 2. The summed E-state index contributed by atoms with van der Waals surface area (Å²) in [6.07, 6.45) is 1.22. The Bertz CT molecular complexity index is 396. The standard InChI is InChI=1S/C12H20N4OS/c1-13-10-6-12(15-11(14-10)7-17-3)16(2)9-4-5-18-8-9/h6,9H,4-5,7-8H2,1-3H3,(H,13,14,15). The van der Waals surface area contributed by atoms with E-state index in [9.17, 15) is 0 Å². The molecule has 1 aliphatic rings. The highest BCUT2D eigenvalue weighted by Crippen LogP contribution is 2.25. The minimum absolute atomic E-state index is 0.440. The second-order valence-corrected chi connectivity index (χ2v) is 5.49. The van der Waals surface area contributed by atoms with Crippen molar-refractivity contribution in [2.24, 2.45) is 0 Å². The van der Waals surface area contributed by atoms with Crippen molar-refractivity contribution in [1.29, 1.82) is 0 Å². The van der Waals surface area contributed by atoms with Crippen LogP contribution in [0.15, 0.2) is 6.07 Å². The summed E-state index contributed by atoms with van der Waals surface area (Å²) in [7, 11) is 5.63. The maximum Gasteiger partial charge on any atom is 0.158 e. The van der Waals surface area contributed by atoms with E-state index in [2.05, 4.69) is 27.2 Å². The van der Waals surface area contributed by atoms with E-state index < -0.39 is 0 Å². The number of nitrogens with one attached hydrogen (secondary N) is 1. The van der Waals surface area contributed by atoms with Gasteiger partial charge in [-0.1, -0.05) is 0 Å². The van der Waals surface area contributed by atoms with Crippen LogP contribution in [0.3, 0.4) is 0 Å². The fourth-order valence-corrected chi connectivity index (χ4v) is 3.27. The SMILES string of the molecule is CNc1cc(N(C)C2CCSC2)nc(COC)n1. The van der Waals surface area contributed by atoms with Crippen molar-refractivity contribution in [3.63, 3.8) is 0 Å². The number of rotatable bonds is 5. The molecule has 0 amide bonds. The molecule has 0 aliphatic carbocycles. The minimum Gasteiger partial charge on any atom is -0.377 e. The summed E-state index contributed by atoms with van der Waals surface area (Å²) in [6, 6.07) is 2.56. The third-order valence-corrected chi connectivity index (χ3v) is 4.25. The number of nitrogens with zero attached hydrogens (tertiary/aromatic N) is 3. The molecule has 0 bridgehead atoms. The number of aromatic nitrogens is 2. The lowest BCUT2D eigenvalue weighted by Crippen LogP contribution is -2.32. The minimum atomic E-state index is 0.440. The highest BCUT2D eigenvalue weighted by molar-refractivity contribution is 7.99. The Morgan fingerprint density at radius 2 is 2.39 bits per heavy atom. The average Bonchev–Trinajstić information content (AvgIpc) is 2.91. The topological polar surface area (TPSA) is 50.3 Å². The van der Waals surface area contributed by atoms with Crippen LogP contribution in [0.1, 0.15) is 12.2 Å². The second kappa shape index (κ2) is 6.24. The second-order valence-electron chi connectivity index (χ2n) is 4.34. The van der Waals surface area contributed by atoms with E-state index in [4.69, 9.17) is 4.74 Å². The summed E-state index contributed by atoms with van der Waals surface area (Å²) in [5.41, 5.74) is 0. The number of hydrogen-bond donors (Lipinski definition) is 1. The van der Waals surface area contributed by atoms with Crippen molar-refractivity contribution in [2.75, 3.05) is 42.9 Å². The highest BCUT2D eigenvalue weighted by atomic mass is 32.2. The molecular formula is C12H20N4OS. The number of thioether (sulfide) groups is 1. The van der Waals surface area contributed by atoms with Gasteiger partial charge in [-0.25, -0.2) is 9.97 Å². The van der Waals surface area contributed by atoms with Crippen molar-refractivity contribution >= 4 is 23.4 Å². The molecule has 2 rings (SSSR count). The highest BCUT2D eigenvalue weighted by Gasteiger charge is 2.21. The Kier molecular flexibility index (Phi) is 4.66. The molecule has 1 saturated heterocycles. The van der Waals surface area contributed by atoms with Crippen LogP contribution in [0.4, 0.5) is 11.6 Å². The van der Waals surface area contributed by atoms with Gasteiger partial charge in [0.2, 0.25) is 0 Å². The van der Waals surface area contributed by atoms with Crippen LogP contribution in [0, 0.1) is 0 Å². The summed E-state index contributed by atoms with van der Waals surface area (Å²) < 4.78 is 5.11.